The molecule has 1 nitrogen and oxygen atoms in total. The molecule has 1 heteroatoms. The molecule has 2 rings (SSSR count). The van der Waals surface area contributed by atoms with Gasteiger partial charge in [-0.25, -0.2) is 0 Å². The van der Waals surface area contributed by atoms with Gasteiger partial charge in [0.2, 0.25) is 0 Å². The molecule has 132 valence electrons. The fourth-order valence-corrected chi connectivity index (χ4v) is 5.86. The topological polar surface area (TPSA) is 20.2 Å². The Kier molecular flexibility index (Phi) is 5.51. The third-order valence-electron chi connectivity index (χ3n) is 7.60. The zero-order chi connectivity index (χ0) is 17.4. The van der Waals surface area contributed by atoms with E-state index in [0.29, 0.717) is 22.7 Å². The summed E-state index contributed by atoms with van der Waals surface area (Å²) in [6.07, 6.45) is 9.12. The van der Waals surface area contributed by atoms with Gasteiger partial charge in [-0.05, 0) is 82.0 Å². The number of allylic oxidation sites excluding steroid dienone is 3. The van der Waals surface area contributed by atoms with Crippen LogP contribution in [0.4, 0.5) is 0 Å². The van der Waals surface area contributed by atoms with Gasteiger partial charge in [-0.3, -0.25) is 0 Å². The zero-order valence-electron chi connectivity index (χ0n) is 16.5. The molecular formula is C22H38O. The lowest BCUT2D eigenvalue weighted by Gasteiger charge is -2.52. The van der Waals surface area contributed by atoms with Crippen LogP contribution >= 0.6 is 0 Å². The second-order valence-electron chi connectivity index (χ2n) is 8.95. The van der Waals surface area contributed by atoms with Gasteiger partial charge in [0.05, 0.1) is 6.10 Å². The highest BCUT2D eigenvalue weighted by Crippen LogP contribution is 2.67. The predicted molar refractivity (Wildman–Crippen MR) is 100 cm³/mol. The van der Waals surface area contributed by atoms with Gasteiger partial charge in [0, 0.05) is 0 Å². The summed E-state index contributed by atoms with van der Waals surface area (Å²) in [6, 6.07) is 0. The third-order valence-corrected chi connectivity index (χ3v) is 7.60. The van der Waals surface area contributed by atoms with Gasteiger partial charge in [0.1, 0.15) is 0 Å². The van der Waals surface area contributed by atoms with Crippen molar-refractivity contribution in [3.8, 4) is 0 Å². The van der Waals surface area contributed by atoms with Crippen molar-refractivity contribution in [3.63, 3.8) is 0 Å². The van der Waals surface area contributed by atoms with Crippen molar-refractivity contribution in [2.45, 2.75) is 93.1 Å². The molecule has 0 spiro atoms. The first kappa shape index (κ1) is 18.8. The first-order valence-electron chi connectivity index (χ1n) is 9.68. The van der Waals surface area contributed by atoms with E-state index in [1.807, 2.05) is 0 Å². The van der Waals surface area contributed by atoms with Crippen molar-refractivity contribution >= 4 is 0 Å². The van der Waals surface area contributed by atoms with Crippen molar-refractivity contribution in [2.24, 2.45) is 22.7 Å². The van der Waals surface area contributed by atoms with Crippen LogP contribution in [0.1, 0.15) is 87.0 Å². The lowest BCUT2D eigenvalue weighted by atomic mass is 9.53. The Hall–Kier alpha value is -0.560. The van der Waals surface area contributed by atoms with Gasteiger partial charge in [-0.15, -0.1) is 0 Å². The second kappa shape index (κ2) is 6.75. The minimum atomic E-state index is -0.203. The van der Waals surface area contributed by atoms with Crippen LogP contribution in [0.15, 0.2) is 22.8 Å². The predicted octanol–water partition coefficient (Wildman–Crippen LogP) is 6.28. The summed E-state index contributed by atoms with van der Waals surface area (Å²) in [6.45, 7) is 16.3. The minimum Gasteiger partial charge on any atom is -0.393 e. The molecule has 0 aromatic carbocycles. The van der Waals surface area contributed by atoms with Crippen LogP contribution in [0.2, 0.25) is 0 Å². The van der Waals surface area contributed by atoms with Crippen LogP contribution in [0.3, 0.4) is 0 Å². The summed E-state index contributed by atoms with van der Waals surface area (Å²) >= 11 is 0. The van der Waals surface area contributed by atoms with Gasteiger partial charge >= 0.3 is 0 Å². The van der Waals surface area contributed by atoms with Crippen molar-refractivity contribution < 1.29 is 5.11 Å². The van der Waals surface area contributed by atoms with Gasteiger partial charge in [0.25, 0.3) is 0 Å². The summed E-state index contributed by atoms with van der Waals surface area (Å²) in [5.41, 5.74) is 5.37. The monoisotopic (exact) mass is 318 g/mol. The van der Waals surface area contributed by atoms with Gasteiger partial charge < -0.3 is 5.11 Å². The van der Waals surface area contributed by atoms with Gasteiger partial charge in [0.15, 0.2) is 0 Å². The van der Waals surface area contributed by atoms with E-state index in [-0.39, 0.29) is 6.10 Å². The average molecular weight is 319 g/mol. The molecule has 23 heavy (non-hydrogen) atoms. The molecule has 0 aromatic heterocycles. The Bertz CT molecular complexity index is 496. The summed E-state index contributed by atoms with van der Waals surface area (Å²) in [5, 5.41) is 10.7. The third kappa shape index (κ3) is 3.06. The van der Waals surface area contributed by atoms with E-state index in [2.05, 4.69) is 54.5 Å². The number of fused-ring (bicyclic) bond motifs is 1. The van der Waals surface area contributed by atoms with Crippen molar-refractivity contribution in [1.29, 1.82) is 0 Å². The standard InChI is InChI=1S/C22H38O/c1-8-18-16(4)11-13-22(7)19(12-14-21(18,22)6)17(5)20(23)10-9-15(2)3/h9,17,19-20,23H,8,10-14H2,1-7H3. The Morgan fingerprint density at radius 2 is 1.96 bits per heavy atom. The van der Waals surface area contributed by atoms with Gasteiger partial charge in [-0.1, -0.05) is 50.5 Å². The molecule has 0 heterocycles. The van der Waals surface area contributed by atoms with E-state index < -0.39 is 0 Å². The van der Waals surface area contributed by atoms with E-state index in [1.165, 1.54) is 37.7 Å². The summed E-state index contributed by atoms with van der Waals surface area (Å²) in [7, 11) is 0. The fraction of sp³-hybridized carbons (Fsp3) is 0.818. The maximum Gasteiger partial charge on any atom is 0.0603 e. The van der Waals surface area contributed by atoms with E-state index in [1.54, 1.807) is 11.1 Å². The largest absolute Gasteiger partial charge is 0.393 e. The average Bonchev–Trinajstić information content (AvgIpc) is 2.76. The molecule has 1 N–H and O–H groups in total. The molecule has 2 aliphatic rings. The molecule has 5 unspecified atom stereocenters. The maximum absolute atomic E-state index is 10.7. The molecule has 0 bridgehead atoms. The molecule has 0 amide bonds. The Balaban J connectivity index is 2.26. The first-order valence-corrected chi connectivity index (χ1v) is 9.68. The highest BCUT2D eigenvalue weighted by Gasteiger charge is 2.58. The number of aliphatic hydroxyl groups excluding tert-OH is 1. The van der Waals surface area contributed by atoms with E-state index in [9.17, 15) is 5.11 Å². The molecule has 2 aliphatic carbocycles. The number of aliphatic hydroxyl groups is 1. The summed E-state index contributed by atoms with van der Waals surface area (Å²) < 4.78 is 0. The van der Waals surface area contributed by atoms with Crippen LogP contribution < -0.4 is 0 Å². The highest BCUT2D eigenvalue weighted by atomic mass is 16.3. The molecule has 1 fully saturated rings. The molecule has 1 saturated carbocycles. The van der Waals surface area contributed by atoms with Gasteiger partial charge in [-0.2, -0.15) is 0 Å². The normalized spacial score (nSPS) is 36.6. The number of hydrogen-bond acceptors (Lipinski definition) is 1. The zero-order valence-corrected chi connectivity index (χ0v) is 16.5. The highest BCUT2D eigenvalue weighted by molar-refractivity contribution is 5.30. The number of rotatable bonds is 5. The summed E-state index contributed by atoms with van der Waals surface area (Å²) in [5.74, 6) is 1.02. The van der Waals surface area contributed by atoms with E-state index in [4.69, 9.17) is 0 Å². The SMILES string of the molecule is CCC1=C(C)CCC2(C)C(C(C)C(O)CC=C(C)C)CCC12C. The van der Waals surface area contributed by atoms with E-state index >= 15 is 0 Å². The van der Waals surface area contributed by atoms with Crippen LogP contribution in [0.25, 0.3) is 0 Å². The lowest BCUT2D eigenvalue weighted by Crippen LogP contribution is -2.44. The smallest absolute Gasteiger partial charge is 0.0603 e. The Labute approximate surface area is 144 Å². The maximum atomic E-state index is 10.7. The molecule has 5 atom stereocenters. The van der Waals surface area contributed by atoms with Crippen LogP contribution in [-0.4, -0.2) is 11.2 Å². The van der Waals surface area contributed by atoms with Crippen molar-refractivity contribution in [1.82, 2.24) is 0 Å². The van der Waals surface area contributed by atoms with Crippen molar-refractivity contribution in [3.05, 3.63) is 22.8 Å². The second-order valence-corrected chi connectivity index (χ2v) is 8.95. The van der Waals surface area contributed by atoms with Crippen LogP contribution in [0, 0.1) is 22.7 Å². The molecule has 0 radical (unpaired) electrons. The quantitative estimate of drug-likeness (QED) is 0.591. The Morgan fingerprint density at radius 3 is 2.52 bits per heavy atom. The molecule has 0 aliphatic heterocycles. The summed E-state index contributed by atoms with van der Waals surface area (Å²) in [4.78, 5) is 0. The van der Waals surface area contributed by atoms with Crippen molar-refractivity contribution in [2.75, 3.05) is 0 Å². The minimum absolute atomic E-state index is 0.203. The molecule has 0 saturated heterocycles. The lowest BCUT2D eigenvalue weighted by molar-refractivity contribution is -0.000983. The molecular weight excluding hydrogens is 280 g/mol. The first-order chi connectivity index (χ1) is 10.7. The molecule has 0 aromatic rings. The van der Waals surface area contributed by atoms with Crippen LogP contribution in [-0.2, 0) is 0 Å². The van der Waals surface area contributed by atoms with E-state index in [0.717, 1.165) is 6.42 Å². The fourth-order valence-electron chi connectivity index (χ4n) is 5.86. The Morgan fingerprint density at radius 1 is 1.30 bits per heavy atom. The number of hydrogen-bond donors (Lipinski definition) is 1. The van der Waals surface area contributed by atoms with Crippen LogP contribution in [0.5, 0.6) is 0 Å².